The van der Waals surface area contributed by atoms with E-state index in [-0.39, 0.29) is 18.9 Å². The fraction of sp³-hybridized carbons (Fsp3) is 0.250. The molecule has 3 aromatic rings. The zero-order valence-electron chi connectivity index (χ0n) is 15.9. The van der Waals surface area contributed by atoms with Gasteiger partial charge in [0.1, 0.15) is 12.3 Å². The minimum Gasteiger partial charge on any atom is -0.494 e. The quantitative estimate of drug-likeness (QED) is 0.534. The Bertz CT molecular complexity index is 967. The fourth-order valence-electron chi connectivity index (χ4n) is 2.51. The number of rotatable bonds is 9. The first-order chi connectivity index (χ1) is 14.0. The van der Waals surface area contributed by atoms with Crippen LogP contribution in [0.3, 0.4) is 0 Å². The molecule has 29 heavy (non-hydrogen) atoms. The number of aryl methyl sites for hydroxylation is 1. The van der Waals surface area contributed by atoms with Crippen molar-refractivity contribution >= 4 is 17.6 Å². The number of tetrazole rings is 1. The zero-order valence-corrected chi connectivity index (χ0v) is 15.9. The van der Waals surface area contributed by atoms with Gasteiger partial charge in [-0.05, 0) is 42.8 Å². The lowest BCUT2D eigenvalue weighted by molar-refractivity contribution is -0.137. The predicted octanol–water partition coefficient (Wildman–Crippen LogP) is 2.53. The summed E-state index contributed by atoms with van der Waals surface area (Å²) in [6, 6.07) is 14.6. The van der Waals surface area contributed by atoms with E-state index in [4.69, 9.17) is 9.84 Å². The molecule has 1 heterocycles. The van der Waals surface area contributed by atoms with Crippen LogP contribution >= 0.6 is 0 Å². The molecular formula is C20H21N5O4. The van der Waals surface area contributed by atoms with Crippen molar-refractivity contribution in [1.82, 2.24) is 20.2 Å². The van der Waals surface area contributed by atoms with Crippen LogP contribution in [-0.4, -0.2) is 43.8 Å². The van der Waals surface area contributed by atoms with Gasteiger partial charge in [-0.25, -0.2) is 0 Å². The average molecular weight is 395 g/mol. The number of aromatic nitrogens is 4. The Hall–Kier alpha value is -3.75. The molecule has 0 aliphatic rings. The third kappa shape index (κ3) is 6.13. The van der Waals surface area contributed by atoms with E-state index in [1.54, 1.807) is 24.3 Å². The van der Waals surface area contributed by atoms with Gasteiger partial charge in [-0.15, -0.1) is 10.2 Å². The molecule has 0 aliphatic heterocycles. The molecule has 0 bridgehead atoms. The maximum Gasteiger partial charge on any atom is 0.303 e. The van der Waals surface area contributed by atoms with Crippen molar-refractivity contribution in [2.45, 2.75) is 26.3 Å². The summed E-state index contributed by atoms with van der Waals surface area (Å²) >= 11 is 0. The van der Waals surface area contributed by atoms with Gasteiger partial charge in [0, 0.05) is 17.7 Å². The third-order valence-corrected chi connectivity index (χ3v) is 3.99. The third-order valence-electron chi connectivity index (χ3n) is 3.99. The van der Waals surface area contributed by atoms with Gasteiger partial charge in [0.15, 0.2) is 0 Å². The number of hydrogen-bond acceptors (Lipinski definition) is 6. The smallest absolute Gasteiger partial charge is 0.303 e. The second kappa shape index (κ2) is 9.45. The number of carbonyl (C=O) groups excluding carboxylic acids is 1. The van der Waals surface area contributed by atoms with E-state index in [1.165, 1.54) is 4.80 Å². The molecule has 0 saturated heterocycles. The number of amides is 1. The number of hydrogen-bond donors (Lipinski definition) is 2. The molecule has 0 radical (unpaired) electrons. The first-order valence-electron chi connectivity index (χ1n) is 9.09. The summed E-state index contributed by atoms with van der Waals surface area (Å²) in [5.74, 6) is -0.0660. The molecule has 0 unspecified atom stereocenters. The number of carbonyl (C=O) groups is 2. The molecule has 0 saturated carbocycles. The number of benzene rings is 2. The summed E-state index contributed by atoms with van der Waals surface area (Å²) in [6.45, 7) is 2.25. The molecule has 9 nitrogen and oxygen atoms in total. The molecule has 2 aromatic carbocycles. The Morgan fingerprint density at radius 3 is 2.52 bits per heavy atom. The molecule has 0 spiro atoms. The van der Waals surface area contributed by atoms with Crippen molar-refractivity contribution in [3.05, 3.63) is 54.1 Å². The molecule has 150 valence electrons. The SMILES string of the molecule is Cc1ccc(-c2nnn(CC(=O)Nc3ccc(OCCCC(=O)O)cc3)n2)cc1. The fourth-order valence-corrected chi connectivity index (χ4v) is 2.51. The highest BCUT2D eigenvalue weighted by Gasteiger charge is 2.10. The Kier molecular flexibility index (Phi) is 6.51. The number of ether oxygens (including phenoxy) is 1. The lowest BCUT2D eigenvalue weighted by atomic mass is 10.1. The second-order valence-corrected chi connectivity index (χ2v) is 6.43. The van der Waals surface area contributed by atoms with Gasteiger partial charge >= 0.3 is 5.97 Å². The summed E-state index contributed by atoms with van der Waals surface area (Å²) in [5.41, 5.74) is 2.57. The van der Waals surface area contributed by atoms with Crippen LogP contribution in [0.2, 0.25) is 0 Å². The molecule has 0 fully saturated rings. The second-order valence-electron chi connectivity index (χ2n) is 6.43. The van der Waals surface area contributed by atoms with E-state index in [2.05, 4.69) is 20.7 Å². The maximum atomic E-state index is 12.2. The molecule has 1 amide bonds. The van der Waals surface area contributed by atoms with Gasteiger partial charge in [0.05, 0.1) is 6.61 Å². The minimum atomic E-state index is -0.848. The summed E-state index contributed by atoms with van der Waals surface area (Å²) in [4.78, 5) is 23.9. The molecule has 2 N–H and O–H groups in total. The van der Waals surface area contributed by atoms with Crippen LogP contribution in [-0.2, 0) is 16.1 Å². The lowest BCUT2D eigenvalue weighted by Gasteiger charge is -2.07. The monoisotopic (exact) mass is 395 g/mol. The molecule has 0 atom stereocenters. The predicted molar refractivity (Wildman–Crippen MR) is 105 cm³/mol. The van der Waals surface area contributed by atoms with Crippen LogP contribution in [0.5, 0.6) is 5.75 Å². The van der Waals surface area contributed by atoms with Crippen LogP contribution in [0.15, 0.2) is 48.5 Å². The van der Waals surface area contributed by atoms with E-state index in [0.29, 0.717) is 30.3 Å². The van der Waals surface area contributed by atoms with Crippen LogP contribution in [0.4, 0.5) is 5.69 Å². The van der Waals surface area contributed by atoms with Crippen molar-refractivity contribution in [3.8, 4) is 17.1 Å². The summed E-state index contributed by atoms with van der Waals surface area (Å²) in [5, 5.41) is 23.5. The highest BCUT2D eigenvalue weighted by Crippen LogP contribution is 2.16. The Morgan fingerprint density at radius 1 is 1.10 bits per heavy atom. The summed E-state index contributed by atoms with van der Waals surface area (Å²) in [7, 11) is 0. The number of carboxylic acid groups (broad SMARTS) is 1. The molecule has 1 aromatic heterocycles. The van der Waals surface area contributed by atoms with Crippen LogP contribution in [0.1, 0.15) is 18.4 Å². The Morgan fingerprint density at radius 2 is 1.83 bits per heavy atom. The van der Waals surface area contributed by atoms with Crippen molar-refractivity contribution < 1.29 is 19.4 Å². The van der Waals surface area contributed by atoms with Gasteiger partial charge in [-0.1, -0.05) is 29.8 Å². The van der Waals surface area contributed by atoms with E-state index in [0.717, 1.165) is 11.1 Å². The first kappa shape index (κ1) is 20.0. The van der Waals surface area contributed by atoms with E-state index >= 15 is 0 Å². The number of aliphatic carboxylic acids is 1. The minimum absolute atomic E-state index is 0.0632. The standard InChI is InChI=1S/C20H21N5O4/c1-14-4-6-15(7-5-14)20-22-24-25(23-20)13-18(26)21-16-8-10-17(11-9-16)29-12-2-3-19(27)28/h4-11H,2-3,12-13H2,1H3,(H,21,26)(H,27,28). The summed E-state index contributed by atoms with van der Waals surface area (Å²) < 4.78 is 5.46. The van der Waals surface area contributed by atoms with Gasteiger partial charge in [0.25, 0.3) is 0 Å². The van der Waals surface area contributed by atoms with Crippen LogP contribution < -0.4 is 10.1 Å². The van der Waals surface area contributed by atoms with Gasteiger partial charge < -0.3 is 15.2 Å². The maximum absolute atomic E-state index is 12.2. The Balaban J connectivity index is 1.49. The number of anilines is 1. The highest BCUT2D eigenvalue weighted by molar-refractivity contribution is 5.90. The van der Waals surface area contributed by atoms with Crippen molar-refractivity contribution in [2.75, 3.05) is 11.9 Å². The number of nitrogens with one attached hydrogen (secondary N) is 1. The van der Waals surface area contributed by atoms with E-state index < -0.39 is 5.97 Å². The highest BCUT2D eigenvalue weighted by atomic mass is 16.5. The zero-order chi connectivity index (χ0) is 20.6. The van der Waals surface area contributed by atoms with E-state index in [1.807, 2.05) is 31.2 Å². The largest absolute Gasteiger partial charge is 0.494 e. The van der Waals surface area contributed by atoms with Gasteiger partial charge in [-0.2, -0.15) is 4.80 Å². The normalized spacial score (nSPS) is 10.5. The van der Waals surface area contributed by atoms with Crippen molar-refractivity contribution in [1.29, 1.82) is 0 Å². The van der Waals surface area contributed by atoms with Gasteiger partial charge in [0.2, 0.25) is 11.7 Å². The molecule has 3 rings (SSSR count). The number of nitrogens with zero attached hydrogens (tertiary/aromatic N) is 4. The molecular weight excluding hydrogens is 374 g/mol. The number of carboxylic acids is 1. The van der Waals surface area contributed by atoms with Crippen molar-refractivity contribution in [3.63, 3.8) is 0 Å². The summed E-state index contributed by atoms with van der Waals surface area (Å²) in [6.07, 6.45) is 0.499. The van der Waals surface area contributed by atoms with Gasteiger partial charge in [-0.3, -0.25) is 9.59 Å². The van der Waals surface area contributed by atoms with Crippen LogP contribution in [0, 0.1) is 6.92 Å². The topological polar surface area (TPSA) is 119 Å². The van der Waals surface area contributed by atoms with E-state index in [9.17, 15) is 9.59 Å². The average Bonchev–Trinajstić information content (AvgIpc) is 3.15. The Labute approximate surface area is 167 Å². The lowest BCUT2D eigenvalue weighted by Crippen LogP contribution is -2.20. The van der Waals surface area contributed by atoms with Crippen molar-refractivity contribution in [2.24, 2.45) is 0 Å². The molecule has 9 heteroatoms. The first-order valence-corrected chi connectivity index (χ1v) is 9.09. The molecule has 0 aliphatic carbocycles. The van der Waals surface area contributed by atoms with Crippen LogP contribution in [0.25, 0.3) is 11.4 Å².